The van der Waals surface area contributed by atoms with Crippen LogP contribution in [0.3, 0.4) is 0 Å². The van der Waals surface area contributed by atoms with E-state index in [0.29, 0.717) is 30.2 Å². The van der Waals surface area contributed by atoms with E-state index in [1.54, 1.807) is 30.1 Å². The van der Waals surface area contributed by atoms with Gasteiger partial charge in [-0.05, 0) is 47.5 Å². The molecule has 0 radical (unpaired) electrons. The SMILES string of the molecule is CC(=O)N(C)Cc1cccc(NC(=O)c2ccccc2OCc2cccc(Br)c2)c1. The van der Waals surface area contributed by atoms with Crippen molar-refractivity contribution < 1.29 is 14.3 Å². The van der Waals surface area contributed by atoms with Crippen LogP contribution in [0, 0.1) is 0 Å². The largest absolute Gasteiger partial charge is 0.488 e. The van der Waals surface area contributed by atoms with Crippen LogP contribution in [0.15, 0.2) is 77.3 Å². The van der Waals surface area contributed by atoms with Gasteiger partial charge >= 0.3 is 0 Å². The highest BCUT2D eigenvalue weighted by atomic mass is 79.9. The monoisotopic (exact) mass is 466 g/mol. The van der Waals surface area contributed by atoms with Gasteiger partial charge in [0.1, 0.15) is 12.4 Å². The molecule has 0 aliphatic carbocycles. The summed E-state index contributed by atoms with van der Waals surface area (Å²) >= 11 is 3.45. The number of nitrogens with one attached hydrogen (secondary N) is 1. The molecule has 1 N–H and O–H groups in total. The Bertz CT molecular complexity index is 1050. The number of amides is 2. The Morgan fingerprint density at radius 3 is 2.47 bits per heavy atom. The Morgan fingerprint density at radius 2 is 1.70 bits per heavy atom. The third-order valence-corrected chi connectivity index (χ3v) is 5.05. The van der Waals surface area contributed by atoms with Crippen LogP contribution in [0.25, 0.3) is 0 Å². The minimum atomic E-state index is -0.253. The summed E-state index contributed by atoms with van der Waals surface area (Å²) in [6.45, 7) is 2.36. The maximum Gasteiger partial charge on any atom is 0.259 e. The summed E-state index contributed by atoms with van der Waals surface area (Å²) in [6.07, 6.45) is 0. The lowest BCUT2D eigenvalue weighted by Crippen LogP contribution is -2.23. The maximum atomic E-state index is 12.9. The summed E-state index contributed by atoms with van der Waals surface area (Å²) in [5.74, 6) is 0.250. The van der Waals surface area contributed by atoms with E-state index < -0.39 is 0 Å². The first-order chi connectivity index (χ1) is 14.4. The van der Waals surface area contributed by atoms with Gasteiger partial charge in [-0.3, -0.25) is 9.59 Å². The zero-order valence-electron chi connectivity index (χ0n) is 16.9. The number of nitrogens with zero attached hydrogens (tertiary/aromatic N) is 1. The second kappa shape index (κ2) is 10.1. The number of anilines is 1. The van der Waals surface area contributed by atoms with Crippen molar-refractivity contribution in [1.82, 2.24) is 4.90 Å². The van der Waals surface area contributed by atoms with Crippen LogP contribution in [-0.4, -0.2) is 23.8 Å². The molecule has 0 heterocycles. The van der Waals surface area contributed by atoms with Gasteiger partial charge in [0, 0.05) is 30.7 Å². The van der Waals surface area contributed by atoms with Gasteiger partial charge in [0.15, 0.2) is 0 Å². The lowest BCUT2D eigenvalue weighted by molar-refractivity contribution is -0.128. The number of hydrogen-bond donors (Lipinski definition) is 1. The summed E-state index contributed by atoms with van der Waals surface area (Å²) in [5, 5.41) is 2.92. The Hall–Kier alpha value is -3.12. The van der Waals surface area contributed by atoms with Crippen LogP contribution >= 0.6 is 15.9 Å². The Kier molecular flexibility index (Phi) is 7.25. The molecule has 3 aromatic carbocycles. The quantitative estimate of drug-likeness (QED) is 0.516. The highest BCUT2D eigenvalue weighted by Gasteiger charge is 2.13. The summed E-state index contributed by atoms with van der Waals surface area (Å²) in [6, 6.07) is 22.5. The van der Waals surface area contributed by atoms with Crippen LogP contribution in [0.5, 0.6) is 5.75 Å². The minimum absolute atomic E-state index is 0.0130. The molecule has 0 fully saturated rings. The first-order valence-corrected chi connectivity index (χ1v) is 10.3. The molecule has 0 aromatic heterocycles. The Balaban J connectivity index is 1.71. The third kappa shape index (κ3) is 5.94. The topological polar surface area (TPSA) is 58.6 Å². The number of ether oxygens (including phenoxy) is 1. The molecule has 3 rings (SSSR count). The van der Waals surface area contributed by atoms with Gasteiger partial charge in [-0.25, -0.2) is 0 Å². The van der Waals surface area contributed by atoms with Crippen molar-refractivity contribution in [2.24, 2.45) is 0 Å². The first-order valence-electron chi connectivity index (χ1n) is 9.50. The summed E-state index contributed by atoms with van der Waals surface area (Å²) in [7, 11) is 1.74. The number of carbonyl (C=O) groups excluding carboxylic acids is 2. The molecule has 2 amide bonds. The number of rotatable bonds is 7. The van der Waals surface area contributed by atoms with Crippen molar-refractivity contribution >= 4 is 33.4 Å². The van der Waals surface area contributed by atoms with Gasteiger partial charge in [-0.2, -0.15) is 0 Å². The standard InChI is InChI=1S/C24H23BrN2O3/c1-17(28)27(2)15-18-7-6-10-21(14-18)26-24(29)22-11-3-4-12-23(22)30-16-19-8-5-9-20(25)13-19/h3-14H,15-16H2,1-2H3,(H,26,29). The van der Waals surface area contributed by atoms with E-state index in [1.807, 2.05) is 54.6 Å². The molecule has 0 atom stereocenters. The molecule has 5 nitrogen and oxygen atoms in total. The molecule has 0 aliphatic heterocycles. The fourth-order valence-corrected chi connectivity index (χ4v) is 3.35. The van der Waals surface area contributed by atoms with Gasteiger partial charge in [-0.1, -0.05) is 52.3 Å². The summed E-state index contributed by atoms with van der Waals surface area (Å²) in [5.41, 5.74) is 3.06. The van der Waals surface area contributed by atoms with Crippen molar-refractivity contribution in [1.29, 1.82) is 0 Å². The maximum absolute atomic E-state index is 12.9. The molecular formula is C24H23BrN2O3. The van der Waals surface area contributed by atoms with Crippen LogP contribution in [-0.2, 0) is 17.9 Å². The van der Waals surface area contributed by atoms with E-state index in [4.69, 9.17) is 4.74 Å². The van der Waals surface area contributed by atoms with Crippen molar-refractivity contribution in [3.63, 3.8) is 0 Å². The number of halogens is 1. The van der Waals surface area contributed by atoms with Crippen LogP contribution in [0.2, 0.25) is 0 Å². The average molecular weight is 467 g/mol. The third-order valence-electron chi connectivity index (χ3n) is 4.56. The van der Waals surface area contributed by atoms with Crippen molar-refractivity contribution in [2.75, 3.05) is 12.4 Å². The van der Waals surface area contributed by atoms with E-state index in [1.165, 1.54) is 6.92 Å². The van der Waals surface area contributed by atoms with Crippen molar-refractivity contribution in [3.05, 3.63) is 94.0 Å². The highest BCUT2D eigenvalue weighted by Crippen LogP contribution is 2.22. The molecular weight excluding hydrogens is 444 g/mol. The molecule has 0 unspecified atom stereocenters. The van der Waals surface area contributed by atoms with Gasteiger partial charge in [0.25, 0.3) is 5.91 Å². The average Bonchev–Trinajstić information content (AvgIpc) is 2.72. The Morgan fingerprint density at radius 1 is 0.967 bits per heavy atom. The van der Waals surface area contributed by atoms with Crippen LogP contribution in [0.1, 0.15) is 28.4 Å². The second-order valence-corrected chi connectivity index (χ2v) is 7.86. The number of para-hydroxylation sites is 1. The molecule has 0 spiro atoms. The van der Waals surface area contributed by atoms with E-state index in [0.717, 1.165) is 15.6 Å². The molecule has 0 bridgehead atoms. The van der Waals surface area contributed by atoms with Crippen LogP contribution in [0.4, 0.5) is 5.69 Å². The molecule has 0 saturated heterocycles. The molecule has 0 aliphatic rings. The molecule has 0 saturated carbocycles. The predicted molar refractivity (Wildman–Crippen MR) is 121 cm³/mol. The number of benzene rings is 3. The van der Waals surface area contributed by atoms with Gasteiger partial charge in [0.2, 0.25) is 5.91 Å². The lowest BCUT2D eigenvalue weighted by Gasteiger charge is -2.16. The summed E-state index contributed by atoms with van der Waals surface area (Å²) < 4.78 is 6.89. The molecule has 154 valence electrons. The molecule has 30 heavy (non-hydrogen) atoms. The molecule has 3 aromatic rings. The van der Waals surface area contributed by atoms with Crippen molar-refractivity contribution in [3.8, 4) is 5.75 Å². The normalized spacial score (nSPS) is 10.4. The number of carbonyl (C=O) groups is 2. The van der Waals surface area contributed by atoms with E-state index >= 15 is 0 Å². The minimum Gasteiger partial charge on any atom is -0.488 e. The first kappa shape index (κ1) is 21.6. The fourth-order valence-electron chi connectivity index (χ4n) is 2.90. The Labute approximate surface area is 184 Å². The molecule has 6 heteroatoms. The zero-order valence-corrected chi connectivity index (χ0v) is 18.5. The van der Waals surface area contributed by atoms with Gasteiger partial charge < -0.3 is 15.0 Å². The van der Waals surface area contributed by atoms with E-state index in [9.17, 15) is 9.59 Å². The van der Waals surface area contributed by atoms with Gasteiger partial charge in [-0.15, -0.1) is 0 Å². The summed E-state index contributed by atoms with van der Waals surface area (Å²) in [4.78, 5) is 26.0. The van der Waals surface area contributed by atoms with Crippen molar-refractivity contribution in [2.45, 2.75) is 20.1 Å². The van der Waals surface area contributed by atoms with Gasteiger partial charge in [0.05, 0.1) is 5.56 Å². The smallest absolute Gasteiger partial charge is 0.259 e. The second-order valence-electron chi connectivity index (χ2n) is 6.94. The number of hydrogen-bond acceptors (Lipinski definition) is 3. The zero-order chi connectivity index (χ0) is 21.5. The van der Waals surface area contributed by atoms with Crippen LogP contribution < -0.4 is 10.1 Å². The highest BCUT2D eigenvalue weighted by molar-refractivity contribution is 9.10. The lowest BCUT2D eigenvalue weighted by atomic mass is 10.1. The van der Waals surface area contributed by atoms with E-state index in [-0.39, 0.29) is 11.8 Å². The fraction of sp³-hybridized carbons (Fsp3) is 0.167. The predicted octanol–water partition coefficient (Wildman–Crippen LogP) is 5.26. The van der Waals surface area contributed by atoms with E-state index in [2.05, 4.69) is 21.2 Å².